The third-order valence-electron chi connectivity index (χ3n) is 3.48. The van der Waals surface area contributed by atoms with E-state index in [0.29, 0.717) is 5.92 Å². The van der Waals surface area contributed by atoms with Gasteiger partial charge in [0.25, 0.3) is 0 Å². The molecule has 1 N–H and O–H groups in total. The molecule has 0 saturated carbocycles. The van der Waals surface area contributed by atoms with Crippen molar-refractivity contribution in [3.63, 3.8) is 0 Å². The lowest BCUT2D eigenvalue weighted by Crippen LogP contribution is -2.14. The highest BCUT2D eigenvalue weighted by Gasteiger charge is 2.18. The van der Waals surface area contributed by atoms with Gasteiger partial charge in [0.1, 0.15) is 0 Å². The largest absolute Gasteiger partial charge is 0.393 e. The Bertz CT molecular complexity index is 304. The first-order chi connectivity index (χ1) is 8.34. The van der Waals surface area contributed by atoms with Crippen LogP contribution >= 0.6 is 0 Å². The predicted molar refractivity (Wildman–Crippen MR) is 68.9 cm³/mol. The molecule has 1 heterocycles. The SMILES string of the molecule is OC(CCCc1ccccc1)CC1CCOC1. The summed E-state index contributed by atoms with van der Waals surface area (Å²) >= 11 is 0. The first-order valence-corrected chi connectivity index (χ1v) is 6.64. The molecule has 1 aliphatic rings. The molecule has 0 spiro atoms. The average molecular weight is 234 g/mol. The molecule has 1 aromatic carbocycles. The number of hydrogen-bond donors (Lipinski definition) is 1. The van der Waals surface area contributed by atoms with E-state index in [1.165, 1.54) is 5.56 Å². The zero-order chi connectivity index (χ0) is 11.9. The quantitative estimate of drug-likeness (QED) is 0.820. The minimum absolute atomic E-state index is 0.148. The van der Waals surface area contributed by atoms with Crippen molar-refractivity contribution in [2.24, 2.45) is 5.92 Å². The van der Waals surface area contributed by atoms with Crippen molar-refractivity contribution in [1.82, 2.24) is 0 Å². The third kappa shape index (κ3) is 4.49. The minimum atomic E-state index is -0.148. The molecule has 1 aromatic rings. The maximum Gasteiger partial charge on any atom is 0.0543 e. The molecule has 2 atom stereocenters. The van der Waals surface area contributed by atoms with Gasteiger partial charge in [-0.1, -0.05) is 30.3 Å². The smallest absolute Gasteiger partial charge is 0.0543 e. The summed E-state index contributed by atoms with van der Waals surface area (Å²) in [5.74, 6) is 0.585. The Morgan fingerprint density at radius 3 is 2.82 bits per heavy atom. The van der Waals surface area contributed by atoms with Crippen molar-refractivity contribution in [3.05, 3.63) is 35.9 Å². The standard InChI is InChI=1S/C15H22O2/c16-15(11-14-9-10-17-12-14)8-4-7-13-5-2-1-3-6-13/h1-3,5-6,14-16H,4,7-12H2. The molecule has 17 heavy (non-hydrogen) atoms. The van der Waals surface area contributed by atoms with E-state index in [1.807, 2.05) is 6.07 Å². The molecule has 0 bridgehead atoms. The summed E-state index contributed by atoms with van der Waals surface area (Å²) in [6.45, 7) is 1.72. The van der Waals surface area contributed by atoms with E-state index >= 15 is 0 Å². The Morgan fingerprint density at radius 1 is 1.29 bits per heavy atom. The van der Waals surface area contributed by atoms with Crippen LogP contribution in [0.1, 0.15) is 31.2 Å². The van der Waals surface area contributed by atoms with E-state index < -0.39 is 0 Å². The normalized spacial score (nSPS) is 21.6. The molecular weight excluding hydrogens is 212 g/mol. The topological polar surface area (TPSA) is 29.5 Å². The Hall–Kier alpha value is -0.860. The van der Waals surface area contributed by atoms with Crippen LogP contribution in [0.4, 0.5) is 0 Å². The number of ether oxygens (including phenoxy) is 1. The van der Waals surface area contributed by atoms with E-state index in [1.54, 1.807) is 0 Å². The van der Waals surface area contributed by atoms with Crippen LogP contribution in [0.15, 0.2) is 30.3 Å². The molecule has 94 valence electrons. The molecular formula is C15H22O2. The second-order valence-electron chi connectivity index (χ2n) is 5.00. The van der Waals surface area contributed by atoms with E-state index in [2.05, 4.69) is 24.3 Å². The fourth-order valence-electron chi connectivity index (χ4n) is 2.46. The van der Waals surface area contributed by atoms with Crippen LogP contribution in [0.5, 0.6) is 0 Å². The van der Waals surface area contributed by atoms with Crippen molar-refractivity contribution in [3.8, 4) is 0 Å². The number of aryl methyl sites for hydroxylation is 1. The number of aliphatic hydroxyl groups is 1. The van der Waals surface area contributed by atoms with Crippen molar-refractivity contribution in [2.45, 2.75) is 38.2 Å². The summed E-state index contributed by atoms with van der Waals surface area (Å²) in [6, 6.07) is 10.5. The van der Waals surface area contributed by atoms with Crippen LogP contribution in [0.3, 0.4) is 0 Å². The highest BCUT2D eigenvalue weighted by atomic mass is 16.5. The fourth-order valence-corrected chi connectivity index (χ4v) is 2.46. The lowest BCUT2D eigenvalue weighted by Gasteiger charge is -2.14. The van der Waals surface area contributed by atoms with E-state index in [-0.39, 0.29) is 6.10 Å². The first-order valence-electron chi connectivity index (χ1n) is 6.64. The van der Waals surface area contributed by atoms with Crippen molar-refractivity contribution in [2.75, 3.05) is 13.2 Å². The van der Waals surface area contributed by atoms with Gasteiger partial charge in [-0.2, -0.15) is 0 Å². The fraction of sp³-hybridized carbons (Fsp3) is 0.600. The zero-order valence-corrected chi connectivity index (χ0v) is 10.3. The number of benzene rings is 1. The molecule has 0 aromatic heterocycles. The molecule has 1 saturated heterocycles. The highest BCUT2D eigenvalue weighted by molar-refractivity contribution is 5.14. The molecule has 0 radical (unpaired) electrons. The van der Waals surface area contributed by atoms with Crippen molar-refractivity contribution in [1.29, 1.82) is 0 Å². The third-order valence-corrected chi connectivity index (χ3v) is 3.48. The van der Waals surface area contributed by atoms with Crippen molar-refractivity contribution >= 4 is 0 Å². The Balaban J connectivity index is 1.61. The van der Waals surface area contributed by atoms with Crippen LogP contribution in [0.2, 0.25) is 0 Å². The van der Waals surface area contributed by atoms with Crippen LogP contribution in [-0.4, -0.2) is 24.4 Å². The number of hydrogen-bond acceptors (Lipinski definition) is 2. The second kappa shape index (κ2) is 6.77. The maximum atomic E-state index is 9.93. The van der Waals surface area contributed by atoms with Gasteiger partial charge in [-0.25, -0.2) is 0 Å². The van der Waals surface area contributed by atoms with Crippen LogP contribution < -0.4 is 0 Å². The van der Waals surface area contributed by atoms with Gasteiger partial charge in [0.05, 0.1) is 6.10 Å². The van der Waals surface area contributed by atoms with Gasteiger partial charge >= 0.3 is 0 Å². The zero-order valence-electron chi connectivity index (χ0n) is 10.3. The van der Waals surface area contributed by atoms with Crippen LogP contribution in [-0.2, 0) is 11.2 Å². The molecule has 2 unspecified atom stereocenters. The molecule has 2 heteroatoms. The minimum Gasteiger partial charge on any atom is -0.393 e. The summed E-state index contributed by atoms with van der Waals surface area (Å²) in [7, 11) is 0. The lowest BCUT2D eigenvalue weighted by atomic mass is 9.97. The van der Waals surface area contributed by atoms with Gasteiger partial charge in [0, 0.05) is 13.2 Å². The monoisotopic (exact) mass is 234 g/mol. The van der Waals surface area contributed by atoms with E-state index in [4.69, 9.17) is 4.74 Å². The van der Waals surface area contributed by atoms with Gasteiger partial charge < -0.3 is 9.84 Å². The molecule has 1 fully saturated rings. The van der Waals surface area contributed by atoms with E-state index in [0.717, 1.165) is 45.3 Å². The van der Waals surface area contributed by atoms with Gasteiger partial charge in [0.2, 0.25) is 0 Å². The predicted octanol–water partition coefficient (Wildman–Crippen LogP) is 2.80. The second-order valence-corrected chi connectivity index (χ2v) is 5.00. The summed E-state index contributed by atoms with van der Waals surface area (Å²) in [4.78, 5) is 0. The summed E-state index contributed by atoms with van der Waals surface area (Å²) in [5.41, 5.74) is 1.36. The molecule has 1 aliphatic heterocycles. The van der Waals surface area contributed by atoms with Gasteiger partial charge in [-0.3, -0.25) is 0 Å². The van der Waals surface area contributed by atoms with Crippen LogP contribution in [0.25, 0.3) is 0 Å². The summed E-state index contributed by atoms with van der Waals surface area (Å²) in [5, 5.41) is 9.93. The molecule has 0 aliphatic carbocycles. The maximum absolute atomic E-state index is 9.93. The Morgan fingerprint density at radius 2 is 2.12 bits per heavy atom. The van der Waals surface area contributed by atoms with Crippen LogP contribution in [0, 0.1) is 5.92 Å². The highest BCUT2D eigenvalue weighted by Crippen LogP contribution is 2.20. The van der Waals surface area contributed by atoms with E-state index in [9.17, 15) is 5.11 Å². The average Bonchev–Trinajstić information content (AvgIpc) is 2.83. The van der Waals surface area contributed by atoms with Crippen molar-refractivity contribution < 1.29 is 9.84 Å². The lowest BCUT2D eigenvalue weighted by molar-refractivity contribution is 0.120. The summed E-state index contributed by atoms with van der Waals surface area (Å²) < 4.78 is 5.32. The van der Waals surface area contributed by atoms with Gasteiger partial charge in [-0.15, -0.1) is 0 Å². The first kappa shape index (κ1) is 12.6. The molecule has 2 rings (SSSR count). The Labute approximate surface area is 104 Å². The summed E-state index contributed by atoms with van der Waals surface area (Å²) in [6.07, 6.45) is 4.93. The molecule has 0 amide bonds. The van der Waals surface area contributed by atoms with Gasteiger partial charge in [0.15, 0.2) is 0 Å². The van der Waals surface area contributed by atoms with Gasteiger partial charge in [-0.05, 0) is 43.6 Å². The number of aliphatic hydroxyl groups excluding tert-OH is 1. The number of rotatable bonds is 6. The molecule has 2 nitrogen and oxygen atoms in total. The Kier molecular flexibility index (Phi) is 5.02.